The number of rotatable bonds is 5. The van der Waals surface area contributed by atoms with Crippen LogP contribution in [0.15, 0.2) is 18.2 Å². The second-order valence-electron chi connectivity index (χ2n) is 6.16. The van der Waals surface area contributed by atoms with E-state index in [9.17, 15) is 4.79 Å². The molecule has 116 valence electrons. The predicted octanol–water partition coefficient (Wildman–Crippen LogP) is 4.25. The molecule has 1 amide bonds. The largest absolute Gasteiger partial charge is 0.338 e. The molecule has 1 aliphatic rings. The molecule has 1 aliphatic carbocycles. The fourth-order valence-electron chi connectivity index (χ4n) is 3.18. The normalized spacial score (nSPS) is 16.0. The highest BCUT2D eigenvalue weighted by molar-refractivity contribution is 6.18. The molecule has 2 nitrogen and oxygen atoms in total. The van der Waals surface area contributed by atoms with E-state index in [4.69, 9.17) is 11.6 Å². The van der Waals surface area contributed by atoms with Crippen molar-refractivity contribution in [2.75, 3.05) is 12.4 Å². The fraction of sp³-hybridized carbons (Fsp3) is 0.611. The second kappa shape index (κ2) is 7.84. The van der Waals surface area contributed by atoms with Crippen LogP contribution in [0.25, 0.3) is 0 Å². The number of halogens is 1. The highest BCUT2D eigenvalue weighted by atomic mass is 35.5. The van der Waals surface area contributed by atoms with Crippen molar-refractivity contribution in [3.05, 3.63) is 34.9 Å². The first-order chi connectivity index (χ1) is 10.1. The van der Waals surface area contributed by atoms with Gasteiger partial charge in [-0.05, 0) is 43.4 Å². The first kappa shape index (κ1) is 16.4. The van der Waals surface area contributed by atoms with Gasteiger partial charge >= 0.3 is 0 Å². The molecule has 1 aromatic carbocycles. The number of benzene rings is 1. The van der Waals surface area contributed by atoms with Gasteiger partial charge in [-0.25, -0.2) is 0 Å². The Balaban J connectivity index is 2.05. The summed E-state index contributed by atoms with van der Waals surface area (Å²) in [4.78, 5) is 14.7. The molecule has 1 fully saturated rings. The Morgan fingerprint density at radius 3 is 2.52 bits per heavy atom. The van der Waals surface area contributed by atoms with Crippen LogP contribution in [0.5, 0.6) is 0 Å². The van der Waals surface area contributed by atoms with Gasteiger partial charge in [0.25, 0.3) is 0 Å². The Morgan fingerprint density at radius 1 is 1.19 bits per heavy atom. The van der Waals surface area contributed by atoms with Gasteiger partial charge in [0.2, 0.25) is 5.91 Å². The van der Waals surface area contributed by atoms with Crippen LogP contribution in [0.3, 0.4) is 0 Å². The Bertz CT molecular complexity index is 480. The van der Waals surface area contributed by atoms with Gasteiger partial charge in [-0.15, -0.1) is 11.6 Å². The predicted molar refractivity (Wildman–Crippen MR) is 88.9 cm³/mol. The van der Waals surface area contributed by atoms with E-state index in [1.807, 2.05) is 4.90 Å². The quantitative estimate of drug-likeness (QED) is 0.745. The highest BCUT2D eigenvalue weighted by Crippen LogP contribution is 2.23. The van der Waals surface area contributed by atoms with Crippen molar-refractivity contribution in [2.24, 2.45) is 0 Å². The third kappa shape index (κ3) is 4.47. The third-order valence-electron chi connectivity index (χ3n) is 4.59. The van der Waals surface area contributed by atoms with Gasteiger partial charge in [0, 0.05) is 18.5 Å². The maximum Gasteiger partial charge on any atom is 0.227 e. The van der Waals surface area contributed by atoms with Crippen molar-refractivity contribution >= 4 is 17.5 Å². The molecule has 0 atom stereocenters. The number of carbonyl (C=O) groups excluding carboxylic acids is 1. The summed E-state index contributed by atoms with van der Waals surface area (Å²) in [7, 11) is 0. The molecule has 0 aromatic heterocycles. The highest BCUT2D eigenvalue weighted by Gasteiger charge is 2.24. The van der Waals surface area contributed by atoms with E-state index in [1.54, 1.807) is 0 Å². The van der Waals surface area contributed by atoms with Crippen LogP contribution >= 0.6 is 11.6 Å². The van der Waals surface area contributed by atoms with Crippen LogP contribution in [0, 0.1) is 13.8 Å². The minimum absolute atomic E-state index is 0.228. The van der Waals surface area contributed by atoms with Gasteiger partial charge in [0.05, 0.1) is 6.42 Å². The van der Waals surface area contributed by atoms with Crippen LogP contribution in [-0.2, 0) is 11.2 Å². The number of nitrogens with zero attached hydrogens (tertiary/aromatic N) is 1. The van der Waals surface area contributed by atoms with Crippen LogP contribution in [-0.4, -0.2) is 29.3 Å². The van der Waals surface area contributed by atoms with E-state index < -0.39 is 0 Å². The summed E-state index contributed by atoms with van der Waals surface area (Å²) >= 11 is 5.91. The molecule has 3 heteroatoms. The van der Waals surface area contributed by atoms with Crippen molar-refractivity contribution in [3.63, 3.8) is 0 Å². The average Bonchev–Trinajstić information content (AvgIpc) is 2.49. The smallest absolute Gasteiger partial charge is 0.227 e. The van der Waals surface area contributed by atoms with Gasteiger partial charge in [0.15, 0.2) is 0 Å². The zero-order valence-corrected chi connectivity index (χ0v) is 14.0. The zero-order valence-electron chi connectivity index (χ0n) is 13.2. The molecule has 21 heavy (non-hydrogen) atoms. The first-order valence-electron chi connectivity index (χ1n) is 8.03. The minimum Gasteiger partial charge on any atom is -0.338 e. The number of hydrogen-bond acceptors (Lipinski definition) is 1. The number of amides is 1. The van der Waals surface area contributed by atoms with Gasteiger partial charge in [-0.3, -0.25) is 4.79 Å². The number of aryl methyl sites for hydroxylation is 2. The lowest BCUT2D eigenvalue weighted by Crippen LogP contribution is -2.43. The standard InChI is InChI=1S/C18H26ClNO/c1-14-8-9-16(12-15(14)2)13-18(21)20(11-10-19)17-6-4-3-5-7-17/h8-9,12,17H,3-7,10-11,13H2,1-2H3. The van der Waals surface area contributed by atoms with Gasteiger partial charge in [-0.2, -0.15) is 0 Å². The van der Waals surface area contributed by atoms with Crippen molar-refractivity contribution in [1.82, 2.24) is 4.90 Å². The summed E-state index contributed by atoms with van der Waals surface area (Å²) < 4.78 is 0. The zero-order chi connectivity index (χ0) is 15.2. The summed E-state index contributed by atoms with van der Waals surface area (Å²) in [6, 6.07) is 6.70. The Hall–Kier alpha value is -1.02. The Morgan fingerprint density at radius 2 is 1.90 bits per heavy atom. The van der Waals surface area contributed by atoms with Gasteiger partial charge in [0.1, 0.15) is 0 Å². The van der Waals surface area contributed by atoms with Gasteiger partial charge in [-0.1, -0.05) is 37.5 Å². The van der Waals surface area contributed by atoms with Crippen LogP contribution in [0.2, 0.25) is 0 Å². The molecule has 0 saturated heterocycles. The van der Waals surface area contributed by atoms with Crippen molar-refractivity contribution in [2.45, 2.75) is 58.4 Å². The lowest BCUT2D eigenvalue weighted by molar-refractivity contribution is -0.133. The molecule has 0 heterocycles. The molecular weight excluding hydrogens is 282 g/mol. The molecular formula is C18H26ClNO. The molecule has 2 rings (SSSR count). The number of alkyl halides is 1. The average molecular weight is 308 g/mol. The molecule has 1 aromatic rings. The van der Waals surface area contributed by atoms with Gasteiger partial charge < -0.3 is 4.90 Å². The van der Waals surface area contributed by atoms with E-state index in [2.05, 4.69) is 32.0 Å². The van der Waals surface area contributed by atoms with Crippen molar-refractivity contribution in [3.8, 4) is 0 Å². The van der Waals surface area contributed by atoms with Crippen LogP contribution < -0.4 is 0 Å². The molecule has 0 unspecified atom stereocenters. The lowest BCUT2D eigenvalue weighted by atomic mass is 9.93. The Kier molecular flexibility index (Phi) is 6.10. The monoisotopic (exact) mass is 307 g/mol. The van der Waals surface area contributed by atoms with Crippen molar-refractivity contribution < 1.29 is 4.79 Å². The maximum absolute atomic E-state index is 12.7. The second-order valence-corrected chi connectivity index (χ2v) is 6.54. The maximum atomic E-state index is 12.7. The molecule has 0 aliphatic heterocycles. The molecule has 0 N–H and O–H groups in total. The molecule has 0 bridgehead atoms. The third-order valence-corrected chi connectivity index (χ3v) is 4.76. The van der Waals surface area contributed by atoms with Crippen molar-refractivity contribution in [1.29, 1.82) is 0 Å². The van der Waals surface area contributed by atoms with E-state index in [0.717, 1.165) is 18.4 Å². The fourth-order valence-corrected chi connectivity index (χ4v) is 3.37. The SMILES string of the molecule is Cc1ccc(CC(=O)N(CCCl)C2CCCCC2)cc1C. The minimum atomic E-state index is 0.228. The summed E-state index contributed by atoms with van der Waals surface area (Å²) in [6.45, 7) is 4.87. The summed E-state index contributed by atoms with van der Waals surface area (Å²) in [5, 5.41) is 0. The number of carbonyl (C=O) groups is 1. The summed E-state index contributed by atoms with van der Waals surface area (Å²) in [5.41, 5.74) is 3.64. The summed E-state index contributed by atoms with van der Waals surface area (Å²) in [5.74, 6) is 0.751. The van der Waals surface area contributed by atoms with E-state index in [-0.39, 0.29) is 5.91 Å². The molecule has 1 saturated carbocycles. The summed E-state index contributed by atoms with van der Waals surface area (Å²) in [6.07, 6.45) is 6.54. The van der Waals surface area contributed by atoms with Crippen LogP contribution in [0.4, 0.5) is 0 Å². The van der Waals surface area contributed by atoms with E-state index in [0.29, 0.717) is 24.9 Å². The lowest BCUT2D eigenvalue weighted by Gasteiger charge is -2.34. The molecule has 0 spiro atoms. The Labute approximate surface area is 133 Å². The van der Waals surface area contributed by atoms with E-state index in [1.165, 1.54) is 30.4 Å². The van der Waals surface area contributed by atoms with Crippen LogP contribution in [0.1, 0.15) is 48.8 Å². The first-order valence-corrected chi connectivity index (χ1v) is 8.57. The molecule has 0 radical (unpaired) electrons. The van der Waals surface area contributed by atoms with E-state index >= 15 is 0 Å². The number of hydrogen-bond donors (Lipinski definition) is 0. The topological polar surface area (TPSA) is 20.3 Å².